The quantitative estimate of drug-likeness (QED) is 0.803. The van der Waals surface area contributed by atoms with Crippen molar-refractivity contribution in [3.63, 3.8) is 0 Å². The van der Waals surface area contributed by atoms with Crippen LogP contribution in [0.4, 0.5) is 11.4 Å². The van der Waals surface area contributed by atoms with Gasteiger partial charge < -0.3 is 25.2 Å². The van der Waals surface area contributed by atoms with Gasteiger partial charge in [-0.3, -0.25) is 0 Å². The number of likely N-dealkylation sites (N-methyl/N-ethyl adjacent to an activating group) is 1. The molecule has 0 aromatic heterocycles. The minimum absolute atomic E-state index is 0.535. The molecule has 1 aliphatic rings. The van der Waals surface area contributed by atoms with Crippen LogP contribution < -0.4 is 15.4 Å². The van der Waals surface area contributed by atoms with Crippen molar-refractivity contribution < 1.29 is 14.6 Å². The molecule has 1 aromatic carbocycles. The van der Waals surface area contributed by atoms with Gasteiger partial charge in [-0.25, -0.2) is 0 Å². The third-order valence-electron chi connectivity index (χ3n) is 3.60. The molecule has 1 saturated heterocycles. The molecule has 0 bridgehead atoms. The lowest BCUT2D eigenvalue weighted by Crippen LogP contribution is -2.45. The van der Waals surface area contributed by atoms with Gasteiger partial charge in [-0.15, -0.1) is 0 Å². The summed E-state index contributed by atoms with van der Waals surface area (Å²) in [5.74, 6) is 0.759. The fourth-order valence-electron chi connectivity index (χ4n) is 2.42. The molecular weight excluding hydrogens is 244 g/mol. The molecule has 1 aromatic rings. The van der Waals surface area contributed by atoms with Crippen LogP contribution in [0.3, 0.4) is 0 Å². The van der Waals surface area contributed by atoms with Crippen molar-refractivity contribution >= 4 is 11.4 Å². The van der Waals surface area contributed by atoms with Crippen molar-refractivity contribution in [1.82, 2.24) is 0 Å². The number of ether oxygens (including phenoxy) is 2. The van der Waals surface area contributed by atoms with Gasteiger partial charge in [0.15, 0.2) is 0 Å². The Balaban J connectivity index is 2.12. The standard InChI is InChI=1S/C14H22N2O3/c1-16(10-14(17)5-7-19-8-6-14)13-9-11(18-2)3-4-12(13)15/h3-4,9,17H,5-8,10,15H2,1-2H3. The number of nitrogens with two attached hydrogens (primary N) is 1. The van der Waals surface area contributed by atoms with Crippen LogP contribution in [0, 0.1) is 0 Å². The van der Waals surface area contributed by atoms with Crippen LogP contribution in [-0.2, 0) is 4.74 Å². The summed E-state index contributed by atoms with van der Waals surface area (Å²) in [7, 11) is 3.56. The predicted molar refractivity (Wildman–Crippen MR) is 75.7 cm³/mol. The first-order valence-electron chi connectivity index (χ1n) is 6.49. The van der Waals surface area contributed by atoms with Crippen LogP contribution in [0.25, 0.3) is 0 Å². The molecule has 2 rings (SSSR count). The summed E-state index contributed by atoms with van der Waals surface area (Å²) in [5.41, 5.74) is 6.84. The number of hydrogen-bond donors (Lipinski definition) is 2. The lowest BCUT2D eigenvalue weighted by atomic mass is 9.93. The topological polar surface area (TPSA) is 68.0 Å². The first-order valence-corrected chi connectivity index (χ1v) is 6.49. The van der Waals surface area contributed by atoms with Crippen LogP contribution in [0.15, 0.2) is 18.2 Å². The number of nitrogen functional groups attached to an aromatic ring is 1. The number of nitrogens with zero attached hydrogens (tertiary/aromatic N) is 1. The van der Waals surface area contributed by atoms with Gasteiger partial charge in [-0.2, -0.15) is 0 Å². The number of aliphatic hydroxyl groups is 1. The second-order valence-electron chi connectivity index (χ2n) is 5.12. The molecule has 1 heterocycles. The van der Waals surface area contributed by atoms with Crippen LogP contribution in [-0.4, -0.2) is 44.6 Å². The van der Waals surface area contributed by atoms with Gasteiger partial charge in [0.25, 0.3) is 0 Å². The highest BCUT2D eigenvalue weighted by atomic mass is 16.5. The van der Waals surface area contributed by atoms with Crippen molar-refractivity contribution in [2.45, 2.75) is 18.4 Å². The second-order valence-corrected chi connectivity index (χ2v) is 5.12. The molecule has 0 spiro atoms. The maximum absolute atomic E-state index is 10.5. The lowest BCUT2D eigenvalue weighted by molar-refractivity contribution is -0.0572. The van der Waals surface area contributed by atoms with Crippen LogP contribution in [0.5, 0.6) is 5.75 Å². The van der Waals surface area contributed by atoms with Gasteiger partial charge in [0.1, 0.15) is 5.75 Å². The minimum Gasteiger partial charge on any atom is -0.497 e. The molecule has 1 aliphatic heterocycles. The molecule has 0 atom stereocenters. The Hall–Kier alpha value is -1.46. The summed E-state index contributed by atoms with van der Waals surface area (Å²) < 4.78 is 10.5. The Morgan fingerprint density at radius 3 is 2.74 bits per heavy atom. The fourth-order valence-corrected chi connectivity index (χ4v) is 2.42. The fraction of sp³-hybridized carbons (Fsp3) is 0.571. The van der Waals surface area contributed by atoms with Crippen molar-refractivity contribution in [1.29, 1.82) is 0 Å². The summed E-state index contributed by atoms with van der Waals surface area (Å²) in [4.78, 5) is 1.98. The van der Waals surface area contributed by atoms with Crippen LogP contribution >= 0.6 is 0 Å². The minimum atomic E-state index is -0.706. The molecule has 19 heavy (non-hydrogen) atoms. The van der Waals surface area contributed by atoms with Crippen molar-refractivity contribution in [2.75, 3.05) is 44.5 Å². The van der Waals surface area contributed by atoms with E-state index in [4.69, 9.17) is 15.2 Å². The number of methoxy groups -OCH3 is 1. The number of benzene rings is 1. The molecule has 5 heteroatoms. The zero-order valence-electron chi connectivity index (χ0n) is 11.6. The van der Waals surface area contributed by atoms with E-state index in [0.717, 1.165) is 11.4 Å². The maximum Gasteiger partial charge on any atom is 0.121 e. The third-order valence-corrected chi connectivity index (χ3v) is 3.60. The Kier molecular flexibility index (Phi) is 4.17. The summed E-state index contributed by atoms with van der Waals surface area (Å²) in [6.07, 6.45) is 1.31. The van der Waals surface area contributed by atoms with E-state index in [1.54, 1.807) is 7.11 Å². The molecule has 1 fully saturated rings. The largest absolute Gasteiger partial charge is 0.497 e. The highest BCUT2D eigenvalue weighted by Gasteiger charge is 2.31. The van der Waals surface area contributed by atoms with Gasteiger partial charge in [0, 0.05) is 45.7 Å². The normalized spacial score (nSPS) is 18.1. The molecule has 5 nitrogen and oxygen atoms in total. The van der Waals surface area contributed by atoms with Gasteiger partial charge in [-0.05, 0) is 12.1 Å². The zero-order chi connectivity index (χ0) is 13.9. The summed E-state index contributed by atoms with van der Waals surface area (Å²) in [6.45, 7) is 1.75. The third kappa shape index (κ3) is 3.30. The molecule has 0 radical (unpaired) electrons. The Labute approximate surface area is 113 Å². The summed E-state index contributed by atoms with van der Waals surface area (Å²) >= 11 is 0. The van der Waals surface area contributed by atoms with Gasteiger partial charge >= 0.3 is 0 Å². The second kappa shape index (κ2) is 5.67. The average molecular weight is 266 g/mol. The zero-order valence-corrected chi connectivity index (χ0v) is 11.6. The molecule has 0 saturated carbocycles. The monoisotopic (exact) mass is 266 g/mol. The van der Waals surface area contributed by atoms with Gasteiger partial charge in [0.2, 0.25) is 0 Å². The van der Waals surface area contributed by atoms with E-state index in [9.17, 15) is 5.11 Å². The van der Waals surface area contributed by atoms with Gasteiger partial charge in [-0.1, -0.05) is 0 Å². The first-order chi connectivity index (χ1) is 9.04. The SMILES string of the molecule is COc1ccc(N)c(N(C)CC2(O)CCOCC2)c1. The predicted octanol–water partition coefficient (Wildman–Crippen LogP) is 1.26. The number of hydrogen-bond acceptors (Lipinski definition) is 5. The Morgan fingerprint density at radius 1 is 1.42 bits per heavy atom. The number of anilines is 2. The summed E-state index contributed by atoms with van der Waals surface area (Å²) in [6, 6.07) is 5.53. The van der Waals surface area contributed by atoms with E-state index in [2.05, 4.69) is 0 Å². The first kappa shape index (κ1) is 14.0. The lowest BCUT2D eigenvalue weighted by Gasteiger charge is -2.36. The summed E-state index contributed by atoms with van der Waals surface area (Å²) in [5, 5.41) is 10.5. The van der Waals surface area contributed by atoms with Gasteiger partial charge in [0.05, 0.1) is 24.1 Å². The van der Waals surface area contributed by atoms with Crippen molar-refractivity contribution in [3.05, 3.63) is 18.2 Å². The van der Waals surface area contributed by atoms with E-state index >= 15 is 0 Å². The molecule has 0 unspecified atom stereocenters. The Bertz CT molecular complexity index is 431. The van der Waals surface area contributed by atoms with E-state index in [1.165, 1.54) is 0 Å². The molecule has 3 N–H and O–H groups in total. The highest BCUT2D eigenvalue weighted by Crippen LogP contribution is 2.30. The molecule has 0 amide bonds. The average Bonchev–Trinajstić information content (AvgIpc) is 2.39. The van der Waals surface area contributed by atoms with Crippen LogP contribution in [0.2, 0.25) is 0 Å². The van der Waals surface area contributed by atoms with E-state index < -0.39 is 5.60 Å². The van der Waals surface area contributed by atoms with Crippen molar-refractivity contribution in [2.24, 2.45) is 0 Å². The molecule has 106 valence electrons. The molecule has 0 aliphatic carbocycles. The smallest absolute Gasteiger partial charge is 0.121 e. The molecular formula is C14H22N2O3. The van der Waals surface area contributed by atoms with E-state index in [-0.39, 0.29) is 0 Å². The van der Waals surface area contributed by atoms with Crippen molar-refractivity contribution in [3.8, 4) is 5.75 Å². The van der Waals surface area contributed by atoms with Crippen LogP contribution in [0.1, 0.15) is 12.8 Å². The number of rotatable bonds is 4. The Morgan fingerprint density at radius 2 is 2.11 bits per heavy atom. The highest BCUT2D eigenvalue weighted by molar-refractivity contribution is 5.69. The van der Waals surface area contributed by atoms with E-state index in [0.29, 0.717) is 38.3 Å². The maximum atomic E-state index is 10.5. The van der Waals surface area contributed by atoms with E-state index in [1.807, 2.05) is 30.1 Å².